The summed E-state index contributed by atoms with van der Waals surface area (Å²) in [6.07, 6.45) is 0. The quantitative estimate of drug-likeness (QED) is 0.0150. The van der Waals surface area contributed by atoms with Gasteiger partial charge in [-0.1, -0.05) is 173 Å². The largest absolute Gasteiger partial charge is 0.478 e. The van der Waals surface area contributed by atoms with Gasteiger partial charge in [-0.05, 0) is 195 Å². The Hall–Kier alpha value is -10.6. The number of aryl methyl sites for hydroxylation is 4. The Morgan fingerprint density at radius 2 is 0.794 bits per heavy atom. The number of aromatic amines is 5. The molecule has 23 heteroatoms. The topological polar surface area (TPSA) is 296 Å². The predicted octanol–water partition coefficient (Wildman–Crippen LogP) is 20.0. The molecule has 0 bridgehead atoms. The molecular weight excluding hydrogens is 1420 g/mol. The van der Waals surface area contributed by atoms with Gasteiger partial charge in [0.2, 0.25) is 0 Å². The Morgan fingerprint density at radius 3 is 1.16 bits per heavy atom. The van der Waals surface area contributed by atoms with Crippen molar-refractivity contribution < 1.29 is 30.0 Å². The summed E-state index contributed by atoms with van der Waals surface area (Å²) < 4.78 is 16.2. The fourth-order valence-corrected chi connectivity index (χ4v) is 12.7. The van der Waals surface area contributed by atoms with Crippen molar-refractivity contribution in [2.75, 3.05) is 29.7 Å². The molecule has 4 heterocycles. The minimum absolute atomic E-state index is 0.0989. The molecule has 0 atom stereocenters. The fourth-order valence-electron chi connectivity index (χ4n) is 9.58. The maximum Gasteiger partial charge on any atom is 0.335 e. The number of amides is 1. The van der Waals surface area contributed by atoms with Crippen LogP contribution in [0.3, 0.4) is 0 Å². The number of nitrogens with one attached hydrogen (secondary N) is 6. The number of nitrogens with zero attached hydrogens (tertiary/aromatic N) is 3. The first-order valence-corrected chi connectivity index (χ1v) is 36.3. The smallest absolute Gasteiger partial charge is 0.335 e. The number of aromatic carboxylic acids is 1. The molecule has 4 aromatic heterocycles. The van der Waals surface area contributed by atoms with Gasteiger partial charge in [0.05, 0.1) is 81.0 Å². The van der Waals surface area contributed by atoms with Crippen LogP contribution >= 0.6 is 63.4 Å². The van der Waals surface area contributed by atoms with E-state index in [9.17, 15) is 23.6 Å². The van der Waals surface area contributed by atoms with Crippen molar-refractivity contribution in [2.24, 2.45) is 0 Å². The molecule has 0 aliphatic carbocycles. The molecule has 0 spiro atoms. The molecule has 0 radical (unpaired) electrons. The number of carboxylic acids is 1. The highest BCUT2D eigenvalue weighted by Gasteiger charge is 2.12. The van der Waals surface area contributed by atoms with Crippen molar-refractivity contribution >= 4 is 154 Å². The molecule has 10 aromatic carbocycles. The second-order valence-electron chi connectivity index (χ2n) is 23.2. The van der Waals surface area contributed by atoms with Gasteiger partial charge in [-0.3, -0.25) is 18.8 Å². The molecule has 14 rings (SSSR count). The molecule has 14 aromatic rings. The normalized spacial score (nSPS) is 10.6. The van der Waals surface area contributed by atoms with E-state index < -0.39 is 13.1 Å². The van der Waals surface area contributed by atoms with Gasteiger partial charge < -0.3 is 52.5 Å². The average Bonchev–Trinajstić information content (AvgIpc) is 1.71. The summed E-state index contributed by atoms with van der Waals surface area (Å²) in [7, 11) is -1.00. The molecule has 102 heavy (non-hydrogen) atoms. The number of alkyl halides is 2. The maximum absolute atomic E-state index is 12.4. The van der Waals surface area contributed by atoms with Crippen molar-refractivity contribution in [3.05, 3.63) is 290 Å². The van der Waals surface area contributed by atoms with Crippen LogP contribution in [0.25, 0.3) is 44.1 Å². The minimum atomic E-state index is -1.00. The minimum Gasteiger partial charge on any atom is -0.478 e. The van der Waals surface area contributed by atoms with Gasteiger partial charge >= 0.3 is 5.97 Å². The van der Waals surface area contributed by atoms with Crippen LogP contribution < -0.4 is 22.5 Å². The van der Waals surface area contributed by atoms with E-state index in [0.717, 1.165) is 104 Å². The Bertz CT molecular complexity index is 5040. The van der Waals surface area contributed by atoms with Crippen LogP contribution in [-0.2, 0) is 22.6 Å². The van der Waals surface area contributed by atoms with E-state index in [1.165, 1.54) is 33.4 Å². The first kappa shape index (κ1) is 75.6. The number of aromatic nitrogens is 8. The zero-order chi connectivity index (χ0) is 74.0. The summed E-state index contributed by atoms with van der Waals surface area (Å²) in [5.41, 5.74) is 39.2. The number of benzene rings is 10. The lowest BCUT2D eigenvalue weighted by atomic mass is 10.1. The highest BCUT2D eigenvalue weighted by atomic mass is 79.9. The van der Waals surface area contributed by atoms with E-state index in [-0.39, 0.29) is 17.5 Å². The number of carboxylic acid groups (broad SMARTS) is 1. The first-order chi connectivity index (χ1) is 49.5. The second kappa shape index (κ2) is 38.3. The average molecular weight is 1500 g/mol. The van der Waals surface area contributed by atoms with Crippen LogP contribution in [0.2, 0.25) is 0 Å². The van der Waals surface area contributed by atoms with E-state index in [0.29, 0.717) is 38.6 Å². The lowest BCUT2D eigenvalue weighted by molar-refractivity contribution is 0.0696. The number of halogens is 2. The molecule has 17 nitrogen and oxygen atoms in total. The maximum atomic E-state index is 12.4. The van der Waals surface area contributed by atoms with Gasteiger partial charge in [0.15, 0.2) is 31.8 Å². The third kappa shape index (κ3) is 23.5. The third-order valence-electron chi connectivity index (χ3n) is 15.1. The van der Waals surface area contributed by atoms with Crippen LogP contribution in [0, 0.1) is 32.5 Å². The standard InChI is InChI=1S/C22H20N4OS.C17H16N2OS.C16H14N2O2S.C9H9BrO.C8H8N2S.C6H8N2.CH3F/c1-14-6-11-19-20(12-14)26-22(25-19)28-13-15-7-9-16(10-8-15)21(27)24-18-5-3-2-4-17(18)23;1-11-3-8-15-16(9-11)19-17(18-15)21-10-13-4-6-14(7-5-13)12(2)20;1-10-2-7-13-14(8-10)18-16(17-13)21-9-11-3-5-12(6-4-11)15(19)20;1-7(11)9-4-2-8(6-10)3-5-9;1-5-2-3-6-7(4-5)10-8(11)9-6;7-5-3-1-2-4-6(5)8;1-2/h2-12H,13,23H2,1H3,(H,24,27)(H,25,26);3-9H,10H2,1-2H3,(H,18,19);2-8H,9H2,1H3,(H,17,18)(H,19,20);2-5H,6H2,1H3;2-4H,1H3,(H2,9,10,11);1-4H,7-8H2;1H3/i;;;;;;1D. The number of fused-ring (bicyclic) bond motifs is 4. The molecule has 1 amide bonds. The zero-order valence-corrected chi connectivity index (χ0v) is 61.7. The Morgan fingerprint density at radius 1 is 0.461 bits per heavy atom. The van der Waals surface area contributed by atoms with Crippen LogP contribution in [0.4, 0.5) is 27.1 Å². The number of nitrogens with two attached hydrogens (primary N) is 3. The number of carbonyl (C=O) groups is 4. The van der Waals surface area contributed by atoms with E-state index in [4.69, 9.17) is 35.9 Å². The zero-order valence-electron chi connectivity index (χ0n) is 57.9. The number of H-pyrrole nitrogens is 5. The molecule has 0 fully saturated rings. The van der Waals surface area contributed by atoms with Gasteiger partial charge in [-0.2, -0.15) is 0 Å². The highest BCUT2D eigenvalue weighted by Crippen LogP contribution is 2.28. The third-order valence-corrected chi connectivity index (χ3v) is 18.8. The molecule has 522 valence electrons. The number of rotatable bonds is 15. The number of thioether (sulfide) groups is 3. The van der Waals surface area contributed by atoms with Crippen LogP contribution in [0.1, 0.15) is 101 Å². The van der Waals surface area contributed by atoms with Gasteiger partial charge in [0.1, 0.15) is 0 Å². The summed E-state index contributed by atoms with van der Waals surface area (Å²) in [6.45, 7) is 11.4. The predicted molar refractivity (Wildman–Crippen MR) is 426 cm³/mol. The molecule has 0 saturated heterocycles. The van der Waals surface area contributed by atoms with E-state index >= 15 is 0 Å². The van der Waals surface area contributed by atoms with Crippen LogP contribution in [0.5, 0.6) is 0 Å². The summed E-state index contributed by atoms with van der Waals surface area (Å²) >= 11 is 13.2. The molecule has 0 saturated carbocycles. The van der Waals surface area contributed by atoms with E-state index in [1.54, 1.807) is 85.5 Å². The summed E-state index contributed by atoms with van der Waals surface area (Å²) in [5, 5.41) is 15.2. The highest BCUT2D eigenvalue weighted by molar-refractivity contribution is 9.08. The van der Waals surface area contributed by atoms with Gasteiger partial charge in [-0.25, -0.2) is 19.7 Å². The lowest BCUT2D eigenvalue weighted by Crippen LogP contribution is -2.13. The number of hydrogen-bond donors (Lipinski definition) is 10. The molecule has 0 unspecified atom stereocenters. The Kier molecular flexibility index (Phi) is 28.4. The number of imidazole rings is 4. The number of Topliss-reactive ketones (excluding diaryl/α,β-unsaturated/α-hetero) is 2. The lowest BCUT2D eigenvalue weighted by Gasteiger charge is -2.08. The van der Waals surface area contributed by atoms with Crippen molar-refractivity contribution in [1.29, 1.82) is 0 Å². The van der Waals surface area contributed by atoms with Gasteiger partial charge in [0, 0.05) is 39.3 Å². The SMILES string of the molecule is CC(=O)c1ccc(CBr)cc1.CC(=O)c1ccc(CSc2nc3ccc(C)cc3[nH]2)cc1.Cc1ccc2[nH]c(=S)[nH]c2c1.Cc1ccc2nc(SCc3ccc(C(=O)Nc4ccccc4N)cc3)[nH]c2c1.Cc1ccc2nc(SCc3ccc(C(=O)O)cc3)[nH]c2c1.Nc1ccccc1N.[2H]CF. The molecule has 0 aliphatic heterocycles. The summed E-state index contributed by atoms with van der Waals surface area (Å²) in [5.74, 6) is 1.49. The van der Waals surface area contributed by atoms with Crippen LogP contribution in [0.15, 0.2) is 234 Å². The fraction of sp³-hybridized carbons (Fsp3) is 0.139. The van der Waals surface area contributed by atoms with Gasteiger partial charge in [0.25, 0.3) is 5.91 Å². The van der Waals surface area contributed by atoms with Crippen molar-refractivity contribution in [1.82, 2.24) is 39.9 Å². The van der Waals surface area contributed by atoms with Crippen LogP contribution in [-0.4, -0.2) is 75.6 Å². The number of ketones is 2. The number of para-hydroxylation sites is 4. The Balaban J connectivity index is 0.000000162. The number of hydrogen-bond acceptors (Lipinski definition) is 14. The van der Waals surface area contributed by atoms with Crippen molar-refractivity contribution in [3.63, 3.8) is 0 Å². The molecule has 0 aliphatic rings. The molecular formula is C79H78BrFN12O5S4. The second-order valence-corrected chi connectivity index (χ2v) is 27.1. The van der Waals surface area contributed by atoms with E-state index in [2.05, 4.69) is 131 Å². The molecule has 13 N–H and O–H groups in total. The number of anilines is 4. The summed E-state index contributed by atoms with van der Waals surface area (Å²) in [4.78, 5) is 75.0. The van der Waals surface area contributed by atoms with Gasteiger partial charge in [-0.15, -0.1) is 0 Å². The van der Waals surface area contributed by atoms with E-state index in [1.807, 2.05) is 140 Å². The number of carbonyl (C=O) groups excluding carboxylic acids is 3. The van der Waals surface area contributed by atoms with Crippen molar-refractivity contribution in [3.8, 4) is 0 Å². The van der Waals surface area contributed by atoms with Crippen molar-refractivity contribution in [2.45, 2.75) is 79.6 Å². The number of nitrogen functional groups attached to an aromatic ring is 3. The first-order valence-electron chi connectivity index (χ1n) is 32.5. The Labute approximate surface area is 618 Å². The summed E-state index contributed by atoms with van der Waals surface area (Å²) in [6, 6.07) is 69.0. The monoisotopic (exact) mass is 1500 g/mol.